The molecule has 3 rings (SSSR count). The molecular weight excluding hydrogens is 228 g/mol. The number of carbonyl (C=O) groups excluding carboxylic acids is 1. The first kappa shape index (κ1) is 11.5. The fourth-order valence-corrected chi connectivity index (χ4v) is 2.95. The Morgan fingerprint density at radius 3 is 3.06 bits per heavy atom. The fourth-order valence-electron chi connectivity index (χ4n) is 2.95. The highest BCUT2D eigenvalue weighted by Crippen LogP contribution is 2.37. The van der Waals surface area contributed by atoms with Crippen molar-refractivity contribution in [2.45, 2.75) is 19.9 Å². The first-order chi connectivity index (χ1) is 8.72. The molecule has 1 saturated heterocycles. The van der Waals surface area contributed by atoms with Gasteiger partial charge in [-0.1, -0.05) is 12.1 Å². The molecule has 1 aromatic rings. The Balaban J connectivity index is 2.13. The first-order valence-corrected chi connectivity index (χ1v) is 6.47. The maximum atomic E-state index is 12.3. The summed E-state index contributed by atoms with van der Waals surface area (Å²) in [5, 5.41) is 3.07. The van der Waals surface area contributed by atoms with E-state index in [-0.39, 0.29) is 17.9 Å². The highest BCUT2D eigenvalue weighted by molar-refractivity contribution is 5.99. The zero-order valence-electron chi connectivity index (χ0n) is 10.8. The molecule has 0 aliphatic carbocycles. The van der Waals surface area contributed by atoms with Crippen molar-refractivity contribution < 1.29 is 9.53 Å². The van der Waals surface area contributed by atoms with Crippen LogP contribution in [0.5, 0.6) is 0 Å². The summed E-state index contributed by atoms with van der Waals surface area (Å²) in [5.74, 6) is 0.0285. The smallest absolute Gasteiger partial charge is 0.232 e. The summed E-state index contributed by atoms with van der Waals surface area (Å²) in [5.41, 5.74) is 3.18. The standard InChI is InChI=1S/C14H18N2O2/c1-3-16-11-6-4-5-9(2)13(11)15-14(17)10-7-18-8-12(10)16/h4-6,10,12H,3,7-8H2,1-2H3,(H,15,17). The third kappa shape index (κ3) is 1.60. The lowest BCUT2D eigenvalue weighted by molar-refractivity contribution is -0.120. The van der Waals surface area contributed by atoms with Crippen molar-refractivity contribution in [3.63, 3.8) is 0 Å². The van der Waals surface area contributed by atoms with Crippen LogP contribution in [0.2, 0.25) is 0 Å². The van der Waals surface area contributed by atoms with Crippen molar-refractivity contribution in [2.24, 2.45) is 5.92 Å². The predicted molar refractivity (Wildman–Crippen MR) is 70.9 cm³/mol. The number of fused-ring (bicyclic) bond motifs is 2. The minimum Gasteiger partial charge on any atom is -0.378 e. The maximum Gasteiger partial charge on any atom is 0.232 e. The van der Waals surface area contributed by atoms with Crippen molar-refractivity contribution >= 4 is 17.3 Å². The largest absolute Gasteiger partial charge is 0.378 e. The number of para-hydroxylation sites is 1. The molecule has 2 aliphatic heterocycles. The zero-order valence-corrected chi connectivity index (χ0v) is 10.8. The van der Waals surface area contributed by atoms with Crippen LogP contribution in [-0.2, 0) is 9.53 Å². The minimum atomic E-state index is -0.0586. The molecule has 4 nitrogen and oxygen atoms in total. The van der Waals surface area contributed by atoms with E-state index in [4.69, 9.17) is 4.74 Å². The van der Waals surface area contributed by atoms with E-state index < -0.39 is 0 Å². The van der Waals surface area contributed by atoms with Crippen molar-refractivity contribution in [1.82, 2.24) is 0 Å². The van der Waals surface area contributed by atoms with Gasteiger partial charge in [-0.05, 0) is 25.5 Å². The van der Waals surface area contributed by atoms with E-state index in [1.165, 1.54) is 0 Å². The Bertz CT molecular complexity index is 487. The molecule has 0 spiro atoms. The molecule has 1 aromatic carbocycles. The number of amides is 1. The lowest BCUT2D eigenvalue weighted by Crippen LogP contribution is -2.42. The summed E-state index contributed by atoms with van der Waals surface area (Å²) >= 11 is 0. The van der Waals surface area contributed by atoms with E-state index in [1.807, 2.05) is 19.1 Å². The summed E-state index contributed by atoms with van der Waals surface area (Å²) in [6.45, 7) is 6.21. The van der Waals surface area contributed by atoms with E-state index in [9.17, 15) is 4.79 Å². The molecule has 1 N–H and O–H groups in total. The van der Waals surface area contributed by atoms with Crippen LogP contribution in [0.3, 0.4) is 0 Å². The van der Waals surface area contributed by atoms with Crippen LogP contribution >= 0.6 is 0 Å². The normalized spacial score (nSPS) is 26.3. The lowest BCUT2D eigenvalue weighted by atomic mass is 10.0. The quantitative estimate of drug-likeness (QED) is 0.821. The van der Waals surface area contributed by atoms with Crippen molar-refractivity contribution in [1.29, 1.82) is 0 Å². The number of anilines is 2. The van der Waals surface area contributed by atoms with Gasteiger partial charge < -0.3 is 15.0 Å². The first-order valence-electron chi connectivity index (χ1n) is 6.47. The van der Waals surface area contributed by atoms with Crippen molar-refractivity contribution in [2.75, 3.05) is 30.0 Å². The number of benzene rings is 1. The number of likely N-dealkylation sites (N-methyl/N-ethyl adjacent to an activating group) is 1. The number of hydrogen-bond acceptors (Lipinski definition) is 3. The number of nitrogens with one attached hydrogen (secondary N) is 1. The summed E-state index contributed by atoms with van der Waals surface area (Å²) in [7, 11) is 0. The van der Waals surface area contributed by atoms with Gasteiger partial charge in [0.05, 0.1) is 36.5 Å². The Labute approximate surface area is 107 Å². The summed E-state index contributed by atoms with van der Waals surface area (Å²) in [6.07, 6.45) is 0. The monoisotopic (exact) mass is 246 g/mol. The van der Waals surface area contributed by atoms with Crippen LogP contribution in [0, 0.1) is 12.8 Å². The topological polar surface area (TPSA) is 41.6 Å². The van der Waals surface area contributed by atoms with E-state index in [0.29, 0.717) is 13.2 Å². The minimum absolute atomic E-state index is 0.0586. The summed E-state index contributed by atoms with van der Waals surface area (Å²) in [6, 6.07) is 6.31. The lowest BCUT2D eigenvalue weighted by Gasteiger charge is -2.30. The van der Waals surface area contributed by atoms with Gasteiger partial charge in [-0.2, -0.15) is 0 Å². The second-order valence-corrected chi connectivity index (χ2v) is 4.96. The van der Waals surface area contributed by atoms with E-state index in [0.717, 1.165) is 23.5 Å². The van der Waals surface area contributed by atoms with Crippen molar-refractivity contribution in [3.8, 4) is 0 Å². The number of aryl methyl sites for hydroxylation is 1. The maximum absolute atomic E-state index is 12.3. The molecule has 2 heterocycles. The Morgan fingerprint density at radius 1 is 1.44 bits per heavy atom. The second-order valence-electron chi connectivity index (χ2n) is 4.96. The van der Waals surface area contributed by atoms with E-state index in [2.05, 4.69) is 23.2 Å². The van der Waals surface area contributed by atoms with Crippen LogP contribution in [0.15, 0.2) is 18.2 Å². The summed E-state index contributed by atoms with van der Waals surface area (Å²) < 4.78 is 5.49. The molecule has 2 aliphatic rings. The zero-order chi connectivity index (χ0) is 12.7. The van der Waals surface area contributed by atoms with Crippen LogP contribution < -0.4 is 10.2 Å². The van der Waals surface area contributed by atoms with Crippen LogP contribution in [0.4, 0.5) is 11.4 Å². The number of carbonyl (C=O) groups is 1. The number of rotatable bonds is 1. The molecule has 0 saturated carbocycles. The van der Waals surface area contributed by atoms with Crippen LogP contribution in [0.1, 0.15) is 12.5 Å². The van der Waals surface area contributed by atoms with E-state index >= 15 is 0 Å². The molecule has 4 heteroatoms. The summed E-state index contributed by atoms with van der Waals surface area (Å²) in [4.78, 5) is 14.5. The molecule has 0 radical (unpaired) electrons. The number of hydrogen-bond donors (Lipinski definition) is 1. The highest BCUT2D eigenvalue weighted by Gasteiger charge is 2.40. The Morgan fingerprint density at radius 2 is 2.28 bits per heavy atom. The molecule has 1 fully saturated rings. The molecule has 2 unspecified atom stereocenters. The van der Waals surface area contributed by atoms with E-state index in [1.54, 1.807) is 0 Å². The van der Waals surface area contributed by atoms with Gasteiger partial charge in [-0.25, -0.2) is 0 Å². The van der Waals surface area contributed by atoms with Crippen LogP contribution in [0.25, 0.3) is 0 Å². The molecular formula is C14H18N2O2. The number of nitrogens with zero attached hydrogens (tertiary/aromatic N) is 1. The molecule has 0 bridgehead atoms. The van der Waals surface area contributed by atoms with Gasteiger partial charge in [0.25, 0.3) is 0 Å². The fraction of sp³-hybridized carbons (Fsp3) is 0.500. The third-order valence-corrected chi connectivity index (χ3v) is 3.94. The molecule has 96 valence electrons. The molecule has 1 amide bonds. The Hall–Kier alpha value is -1.55. The average Bonchev–Trinajstić information content (AvgIpc) is 2.79. The van der Waals surface area contributed by atoms with Gasteiger partial charge in [-0.3, -0.25) is 4.79 Å². The average molecular weight is 246 g/mol. The van der Waals surface area contributed by atoms with Gasteiger partial charge in [0.15, 0.2) is 0 Å². The van der Waals surface area contributed by atoms with Gasteiger partial charge in [0.2, 0.25) is 5.91 Å². The Kier molecular flexibility index (Phi) is 2.74. The van der Waals surface area contributed by atoms with Gasteiger partial charge in [-0.15, -0.1) is 0 Å². The van der Waals surface area contributed by atoms with Gasteiger partial charge >= 0.3 is 0 Å². The van der Waals surface area contributed by atoms with Gasteiger partial charge in [0.1, 0.15) is 0 Å². The third-order valence-electron chi connectivity index (χ3n) is 3.94. The second kappa shape index (κ2) is 4.28. The van der Waals surface area contributed by atoms with Gasteiger partial charge in [0, 0.05) is 6.54 Å². The molecule has 2 atom stereocenters. The predicted octanol–water partition coefficient (Wildman–Crippen LogP) is 1.79. The molecule has 18 heavy (non-hydrogen) atoms. The SMILES string of the molecule is CCN1c2cccc(C)c2NC(=O)C2COCC21. The van der Waals surface area contributed by atoms with Crippen LogP contribution in [-0.4, -0.2) is 31.7 Å². The highest BCUT2D eigenvalue weighted by atomic mass is 16.5. The number of ether oxygens (including phenoxy) is 1. The van der Waals surface area contributed by atoms with Crippen molar-refractivity contribution in [3.05, 3.63) is 23.8 Å². The molecule has 0 aromatic heterocycles.